The Morgan fingerprint density at radius 1 is 1.29 bits per heavy atom. The van der Waals surface area contributed by atoms with Gasteiger partial charge in [-0.1, -0.05) is 20.3 Å². The first kappa shape index (κ1) is 14.0. The van der Waals surface area contributed by atoms with Gasteiger partial charge in [-0.2, -0.15) is 0 Å². The predicted molar refractivity (Wildman–Crippen MR) is 65.5 cm³/mol. The maximum Gasteiger partial charge on any atom is 0.307 e. The summed E-state index contributed by atoms with van der Waals surface area (Å²) >= 11 is 0. The van der Waals surface area contributed by atoms with Gasteiger partial charge >= 0.3 is 5.97 Å². The summed E-state index contributed by atoms with van der Waals surface area (Å²) < 4.78 is 0. The molecule has 1 amide bonds. The second kappa shape index (κ2) is 6.03. The average Bonchev–Trinajstić information content (AvgIpc) is 2.13. The van der Waals surface area contributed by atoms with Crippen molar-refractivity contribution >= 4 is 11.9 Å². The van der Waals surface area contributed by atoms with Crippen molar-refractivity contribution in [2.75, 3.05) is 0 Å². The highest BCUT2D eigenvalue weighted by atomic mass is 16.4. The van der Waals surface area contributed by atoms with Crippen molar-refractivity contribution in [3.63, 3.8) is 0 Å². The summed E-state index contributed by atoms with van der Waals surface area (Å²) in [4.78, 5) is 22.7. The number of hydrogen-bond acceptors (Lipinski definition) is 2. The van der Waals surface area contributed by atoms with Crippen LogP contribution in [-0.2, 0) is 9.59 Å². The third-order valence-corrected chi connectivity index (χ3v) is 3.77. The van der Waals surface area contributed by atoms with Gasteiger partial charge in [-0.05, 0) is 32.1 Å². The van der Waals surface area contributed by atoms with Crippen LogP contribution in [0.3, 0.4) is 0 Å². The summed E-state index contributed by atoms with van der Waals surface area (Å²) in [5, 5.41) is 11.8. The van der Waals surface area contributed by atoms with Crippen molar-refractivity contribution in [3.8, 4) is 0 Å². The van der Waals surface area contributed by atoms with Crippen LogP contribution in [0, 0.1) is 17.8 Å². The molecular formula is C13H23NO3. The Bertz CT molecular complexity index is 290. The fraction of sp³-hybridized carbons (Fsp3) is 0.846. The van der Waals surface area contributed by atoms with Crippen LogP contribution in [0.4, 0.5) is 0 Å². The monoisotopic (exact) mass is 241 g/mol. The van der Waals surface area contributed by atoms with E-state index in [4.69, 9.17) is 5.11 Å². The van der Waals surface area contributed by atoms with Gasteiger partial charge in [0.15, 0.2) is 0 Å². The minimum absolute atomic E-state index is 0.0838. The fourth-order valence-electron chi connectivity index (χ4n) is 2.29. The molecule has 0 heterocycles. The van der Waals surface area contributed by atoms with E-state index in [0.717, 1.165) is 12.8 Å². The van der Waals surface area contributed by atoms with Crippen molar-refractivity contribution < 1.29 is 14.7 Å². The van der Waals surface area contributed by atoms with Gasteiger partial charge in [-0.25, -0.2) is 0 Å². The van der Waals surface area contributed by atoms with Crippen molar-refractivity contribution in [3.05, 3.63) is 0 Å². The zero-order valence-electron chi connectivity index (χ0n) is 10.9. The number of amides is 1. The highest BCUT2D eigenvalue weighted by Gasteiger charge is 2.41. The van der Waals surface area contributed by atoms with Crippen LogP contribution in [0.15, 0.2) is 0 Å². The van der Waals surface area contributed by atoms with Crippen molar-refractivity contribution in [2.45, 2.75) is 52.5 Å². The van der Waals surface area contributed by atoms with E-state index in [1.165, 1.54) is 0 Å². The van der Waals surface area contributed by atoms with Crippen molar-refractivity contribution in [1.29, 1.82) is 0 Å². The van der Waals surface area contributed by atoms with Crippen LogP contribution in [0.1, 0.15) is 46.5 Å². The lowest BCUT2D eigenvalue weighted by Crippen LogP contribution is -2.46. The van der Waals surface area contributed by atoms with Gasteiger partial charge in [0.05, 0.1) is 11.8 Å². The number of hydrogen-bond donors (Lipinski definition) is 2. The number of aliphatic carboxylic acids is 1. The maximum absolute atomic E-state index is 11.8. The number of carboxylic acids is 1. The van der Waals surface area contributed by atoms with E-state index >= 15 is 0 Å². The molecule has 0 aromatic heterocycles. The lowest BCUT2D eigenvalue weighted by molar-refractivity contribution is -0.152. The molecule has 1 rings (SSSR count). The summed E-state index contributed by atoms with van der Waals surface area (Å²) in [5.41, 5.74) is 0. The molecule has 0 aromatic carbocycles. The van der Waals surface area contributed by atoms with Crippen LogP contribution in [0.2, 0.25) is 0 Å². The second-order valence-electron chi connectivity index (χ2n) is 5.29. The molecule has 2 N–H and O–H groups in total. The average molecular weight is 241 g/mol. The first-order valence-corrected chi connectivity index (χ1v) is 6.48. The van der Waals surface area contributed by atoms with E-state index in [9.17, 15) is 9.59 Å². The summed E-state index contributed by atoms with van der Waals surface area (Å²) in [5.74, 6) is -1.12. The topological polar surface area (TPSA) is 66.4 Å². The van der Waals surface area contributed by atoms with E-state index in [2.05, 4.69) is 19.2 Å². The number of carbonyl (C=O) groups excluding carboxylic acids is 1. The third kappa shape index (κ3) is 3.72. The number of nitrogens with one attached hydrogen (secondary N) is 1. The minimum Gasteiger partial charge on any atom is -0.481 e. The van der Waals surface area contributed by atoms with Crippen LogP contribution in [0.5, 0.6) is 0 Å². The van der Waals surface area contributed by atoms with Crippen LogP contribution in [-0.4, -0.2) is 23.0 Å². The van der Waals surface area contributed by atoms with E-state index < -0.39 is 11.9 Å². The molecule has 0 aromatic rings. The van der Waals surface area contributed by atoms with Gasteiger partial charge < -0.3 is 10.4 Å². The Labute approximate surface area is 103 Å². The van der Waals surface area contributed by atoms with Crippen LogP contribution >= 0.6 is 0 Å². The number of rotatable bonds is 6. The first-order valence-electron chi connectivity index (χ1n) is 6.48. The van der Waals surface area contributed by atoms with Crippen molar-refractivity contribution in [2.24, 2.45) is 17.8 Å². The molecule has 1 saturated carbocycles. The molecule has 0 bridgehead atoms. The molecule has 98 valence electrons. The Morgan fingerprint density at radius 3 is 2.29 bits per heavy atom. The highest BCUT2D eigenvalue weighted by molar-refractivity contribution is 5.86. The SMILES string of the molecule is CCC(C)CC(C)NC(=O)C1CCC1C(=O)O. The summed E-state index contributed by atoms with van der Waals surface area (Å²) in [6.45, 7) is 6.27. The van der Waals surface area contributed by atoms with Gasteiger partial charge in [-0.3, -0.25) is 9.59 Å². The molecule has 17 heavy (non-hydrogen) atoms. The number of carboxylic acid groups (broad SMARTS) is 1. The Hall–Kier alpha value is -1.06. The Balaban J connectivity index is 2.36. The first-order chi connectivity index (χ1) is 7.95. The van der Waals surface area contributed by atoms with Crippen molar-refractivity contribution in [1.82, 2.24) is 5.32 Å². The second-order valence-corrected chi connectivity index (χ2v) is 5.29. The lowest BCUT2D eigenvalue weighted by atomic mass is 9.73. The normalized spacial score (nSPS) is 26.8. The molecule has 0 saturated heterocycles. The van der Waals surface area contributed by atoms with Gasteiger partial charge in [-0.15, -0.1) is 0 Å². The standard InChI is InChI=1S/C13H23NO3/c1-4-8(2)7-9(3)14-12(15)10-5-6-11(10)13(16)17/h8-11H,4-7H2,1-3H3,(H,14,15)(H,16,17). The Morgan fingerprint density at radius 2 is 1.88 bits per heavy atom. The van der Waals surface area contributed by atoms with Gasteiger partial charge in [0.1, 0.15) is 0 Å². The highest BCUT2D eigenvalue weighted by Crippen LogP contribution is 2.34. The Kier molecular flexibility index (Phi) is 4.97. The quantitative estimate of drug-likeness (QED) is 0.747. The fourth-order valence-corrected chi connectivity index (χ4v) is 2.29. The zero-order valence-corrected chi connectivity index (χ0v) is 10.9. The molecule has 4 unspecified atom stereocenters. The molecule has 0 aliphatic heterocycles. The van der Waals surface area contributed by atoms with Crippen LogP contribution < -0.4 is 5.32 Å². The zero-order chi connectivity index (χ0) is 13.0. The van der Waals surface area contributed by atoms with E-state index in [1.807, 2.05) is 6.92 Å². The summed E-state index contributed by atoms with van der Waals surface area (Å²) in [6.07, 6.45) is 3.39. The molecule has 4 heteroatoms. The van der Waals surface area contributed by atoms with E-state index in [1.54, 1.807) is 0 Å². The molecule has 1 aliphatic carbocycles. The molecule has 4 nitrogen and oxygen atoms in total. The molecular weight excluding hydrogens is 218 g/mol. The smallest absolute Gasteiger partial charge is 0.307 e. The van der Waals surface area contributed by atoms with E-state index in [0.29, 0.717) is 18.8 Å². The lowest BCUT2D eigenvalue weighted by Gasteiger charge is -2.33. The minimum atomic E-state index is -0.842. The van der Waals surface area contributed by atoms with Crippen LogP contribution in [0.25, 0.3) is 0 Å². The maximum atomic E-state index is 11.8. The number of carbonyl (C=O) groups is 2. The third-order valence-electron chi connectivity index (χ3n) is 3.77. The van der Waals surface area contributed by atoms with Gasteiger partial charge in [0.25, 0.3) is 0 Å². The van der Waals surface area contributed by atoms with Gasteiger partial charge in [0, 0.05) is 6.04 Å². The molecule has 0 spiro atoms. The van der Waals surface area contributed by atoms with E-state index in [-0.39, 0.29) is 17.9 Å². The predicted octanol–water partition coefficient (Wildman–Crippen LogP) is 2.04. The largest absolute Gasteiger partial charge is 0.481 e. The molecule has 1 fully saturated rings. The molecule has 4 atom stereocenters. The summed E-state index contributed by atoms with van der Waals surface area (Å²) in [6, 6.07) is 0.132. The van der Waals surface area contributed by atoms with Gasteiger partial charge in [0.2, 0.25) is 5.91 Å². The molecule has 0 radical (unpaired) electrons. The molecule has 1 aliphatic rings. The summed E-state index contributed by atoms with van der Waals surface area (Å²) in [7, 11) is 0.